The predicted molar refractivity (Wildman–Crippen MR) is 128 cm³/mol. The molecule has 7 heteroatoms. The lowest BCUT2D eigenvalue weighted by atomic mass is 10.1. The van der Waals surface area contributed by atoms with Crippen molar-refractivity contribution >= 4 is 27.3 Å². The van der Waals surface area contributed by atoms with E-state index in [-0.39, 0.29) is 17.4 Å². The van der Waals surface area contributed by atoms with E-state index < -0.39 is 10.0 Å². The van der Waals surface area contributed by atoms with Gasteiger partial charge in [-0.05, 0) is 93.3 Å². The second-order valence-corrected chi connectivity index (χ2v) is 9.67. The molecule has 32 heavy (non-hydrogen) atoms. The van der Waals surface area contributed by atoms with Crippen molar-refractivity contribution in [1.82, 2.24) is 0 Å². The van der Waals surface area contributed by atoms with E-state index in [2.05, 4.69) is 10.0 Å². The number of carbonyl (C=O) groups is 1. The van der Waals surface area contributed by atoms with Gasteiger partial charge in [-0.25, -0.2) is 8.42 Å². The van der Waals surface area contributed by atoms with Crippen LogP contribution in [0.15, 0.2) is 59.5 Å². The van der Waals surface area contributed by atoms with Crippen molar-refractivity contribution in [2.75, 3.05) is 16.6 Å². The van der Waals surface area contributed by atoms with Gasteiger partial charge in [-0.15, -0.1) is 0 Å². The highest BCUT2D eigenvalue weighted by atomic mass is 32.2. The van der Waals surface area contributed by atoms with Crippen LogP contribution >= 0.6 is 0 Å². The number of rotatable bonds is 7. The molecule has 3 aromatic carbocycles. The molecule has 0 radical (unpaired) electrons. The fraction of sp³-hybridized carbons (Fsp3) is 0.240. The topological polar surface area (TPSA) is 84.5 Å². The van der Waals surface area contributed by atoms with E-state index in [4.69, 9.17) is 4.74 Å². The fourth-order valence-corrected chi connectivity index (χ4v) is 4.39. The van der Waals surface area contributed by atoms with Crippen LogP contribution in [0.2, 0.25) is 0 Å². The lowest BCUT2D eigenvalue weighted by Crippen LogP contribution is -2.21. The Hall–Kier alpha value is -3.32. The van der Waals surface area contributed by atoms with Crippen LogP contribution < -0.4 is 14.8 Å². The molecule has 0 aliphatic heterocycles. The molecule has 2 N–H and O–H groups in total. The number of anilines is 2. The highest BCUT2D eigenvalue weighted by Crippen LogP contribution is 2.24. The normalized spacial score (nSPS) is 11.2. The van der Waals surface area contributed by atoms with Gasteiger partial charge in [-0.1, -0.05) is 23.8 Å². The quantitative estimate of drug-likeness (QED) is 0.526. The standard InChI is InChI=1S/C25H28N2O4S/c1-16-6-10-23(19(4)12-16)26-25(28)15-31-24-11-9-22(14-20(24)5)32(29,30)27-21-8-7-17(2)18(3)13-21/h6-14,27H,15H2,1-5H3,(H,26,28). The predicted octanol–water partition coefficient (Wildman–Crippen LogP) is 5.05. The van der Waals surface area contributed by atoms with Crippen molar-refractivity contribution in [3.8, 4) is 5.75 Å². The molecule has 0 aliphatic carbocycles. The van der Waals surface area contributed by atoms with Gasteiger partial charge in [0.25, 0.3) is 15.9 Å². The van der Waals surface area contributed by atoms with E-state index in [1.54, 1.807) is 25.1 Å². The van der Waals surface area contributed by atoms with E-state index >= 15 is 0 Å². The zero-order valence-corrected chi connectivity index (χ0v) is 19.8. The van der Waals surface area contributed by atoms with Crippen LogP contribution in [0.1, 0.15) is 27.8 Å². The van der Waals surface area contributed by atoms with E-state index in [0.717, 1.165) is 27.9 Å². The minimum atomic E-state index is -3.75. The van der Waals surface area contributed by atoms with Crippen molar-refractivity contribution in [2.24, 2.45) is 0 Å². The molecule has 0 aliphatic rings. The smallest absolute Gasteiger partial charge is 0.262 e. The summed E-state index contributed by atoms with van der Waals surface area (Å²) in [6.07, 6.45) is 0. The summed E-state index contributed by atoms with van der Waals surface area (Å²) in [5, 5.41) is 2.83. The van der Waals surface area contributed by atoms with Gasteiger partial charge in [0, 0.05) is 11.4 Å². The molecule has 0 heterocycles. The molecular formula is C25H28N2O4S. The van der Waals surface area contributed by atoms with Gasteiger partial charge in [0.05, 0.1) is 4.90 Å². The van der Waals surface area contributed by atoms with Gasteiger partial charge >= 0.3 is 0 Å². The minimum Gasteiger partial charge on any atom is -0.483 e. The highest BCUT2D eigenvalue weighted by molar-refractivity contribution is 7.92. The monoisotopic (exact) mass is 452 g/mol. The first-order valence-electron chi connectivity index (χ1n) is 10.3. The summed E-state index contributed by atoms with van der Waals surface area (Å²) in [6.45, 7) is 9.38. The lowest BCUT2D eigenvalue weighted by molar-refractivity contribution is -0.118. The summed E-state index contributed by atoms with van der Waals surface area (Å²) < 4.78 is 33.8. The summed E-state index contributed by atoms with van der Waals surface area (Å²) in [5.41, 5.74) is 6.05. The van der Waals surface area contributed by atoms with Crippen LogP contribution in [0, 0.1) is 34.6 Å². The number of amides is 1. The molecule has 3 rings (SSSR count). The molecule has 0 aromatic heterocycles. The second kappa shape index (κ2) is 9.44. The van der Waals surface area contributed by atoms with Gasteiger partial charge in [0.1, 0.15) is 5.75 Å². The van der Waals surface area contributed by atoms with Gasteiger partial charge in [-0.2, -0.15) is 0 Å². The van der Waals surface area contributed by atoms with Crippen LogP contribution in [0.3, 0.4) is 0 Å². The SMILES string of the molecule is Cc1ccc(NC(=O)COc2ccc(S(=O)(=O)Nc3ccc(C)c(C)c3)cc2C)c(C)c1. The first-order chi connectivity index (χ1) is 15.0. The molecule has 168 valence electrons. The van der Waals surface area contributed by atoms with Crippen LogP contribution in [0.4, 0.5) is 11.4 Å². The maximum absolute atomic E-state index is 12.8. The van der Waals surface area contributed by atoms with Crippen molar-refractivity contribution in [3.63, 3.8) is 0 Å². The Morgan fingerprint density at radius 2 is 1.56 bits per heavy atom. The van der Waals surface area contributed by atoms with Gasteiger partial charge in [-0.3, -0.25) is 9.52 Å². The molecule has 0 saturated heterocycles. The van der Waals surface area contributed by atoms with E-state index in [1.165, 1.54) is 12.1 Å². The minimum absolute atomic E-state index is 0.125. The molecule has 6 nitrogen and oxygen atoms in total. The maximum Gasteiger partial charge on any atom is 0.262 e. The number of sulfonamides is 1. The van der Waals surface area contributed by atoms with Crippen molar-refractivity contribution in [2.45, 2.75) is 39.5 Å². The number of ether oxygens (including phenoxy) is 1. The lowest BCUT2D eigenvalue weighted by Gasteiger charge is -2.13. The summed E-state index contributed by atoms with van der Waals surface area (Å²) in [7, 11) is -3.75. The Balaban J connectivity index is 1.66. The zero-order chi connectivity index (χ0) is 23.5. The molecule has 0 unspecified atom stereocenters. The number of hydrogen-bond donors (Lipinski definition) is 2. The van der Waals surface area contributed by atoms with Crippen LogP contribution in [0.25, 0.3) is 0 Å². The third-order valence-electron chi connectivity index (χ3n) is 5.23. The Bertz CT molecular complexity index is 1270. The van der Waals surface area contributed by atoms with Gasteiger partial charge < -0.3 is 10.1 Å². The summed E-state index contributed by atoms with van der Waals surface area (Å²) in [4.78, 5) is 12.4. The highest BCUT2D eigenvalue weighted by Gasteiger charge is 2.16. The first-order valence-corrected chi connectivity index (χ1v) is 11.7. The number of hydrogen-bond acceptors (Lipinski definition) is 4. The third-order valence-corrected chi connectivity index (χ3v) is 6.61. The van der Waals surface area contributed by atoms with E-state index in [9.17, 15) is 13.2 Å². The van der Waals surface area contributed by atoms with Crippen molar-refractivity contribution in [3.05, 3.63) is 82.4 Å². The Morgan fingerprint density at radius 1 is 0.812 bits per heavy atom. The Labute approximate surface area is 189 Å². The van der Waals surface area contributed by atoms with E-state index in [0.29, 0.717) is 17.0 Å². The largest absolute Gasteiger partial charge is 0.483 e. The average molecular weight is 453 g/mol. The van der Waals surface area contributed by atoms with Crippen molar-refractivity contribution < 1.29 is 17.9 Å². The molecule has 0 atom stereocenters. The molecular weight excluding hydrogens is 424 g/mol. The van der Waals surface area contributed by atoms with Crippen LogP contribution in [0.5, 0.6) is 5.75 Å². The number of carbonyl (C=O) groups excluding carboxylic acids is 1. The summed E-state index contributed by atoms with van der Waals surface area (Å²) in [5.74, 6) is 0.162. The van der Waals surface area contributed by atoms with Crippen molar-refractivity contribution in [1.29, 1.82) is 0 Å². The molecule has 0 spiro atoms. The Morgan fingerprint density at radius 3 is 2.22 bits per heavy atom. The number of benzene rings is 3. The van der Waals surface area contributed by atoms with E-state index in [1.807, 2.05) is 52.0 Å². The summed E-state index contributed by atoms with van der Waals surface area (Å²) in [6, 6.07) is 15.7. The second-order valence-electron chi connectivity index (χ2n) is 7.99. The molecule has 0 fully saturated rings. The molecule has 0 bridgehead atoms. The number of nitrogens with one attached hydrogen (secondary N) is 2. The third kappa shape index (κ3) is 5.68. The fourth-order valence-electron chi connectivity index (χ4n) is 3.25. The molecule has 3 aromatic rings. The number of aryl methyl sites for hydroxylation is 5. The summed E-state index contributed by atoms with van der Waals surface area (Å²) >= 11 is 0. The Kier molecular flexibility index (Phi) is 6.89. The van der Waals surface area contributed by atoms with Gasteiger partial charge in [0.15, 0.2) is 6.61 Å². The molecule has 1 amide bonds. The maximum atomic E-state index is 12.8. The van der Waals surface area contributed by atoms with Gasteiger partial charge in [0.2, 0.25) is 0 Å². The average Bonchev–Trinajstić information content (AvgIpc) is 2.71. The zero-order valence-electron chi connectivity index (χ0n) is 18.9. The van der Waals surface area contributed by atoms with Crippen LogP contribution in [-0.2, 0) is 14.8 Å². The molecule has 0 saturated carbocycles. The first kappa shape index (κ1) is 23.3. The van der Waals surface area contributed by atoms with Crippen LogP contribution in [-0.4, -0.2) is 20.9 Å².